The lowest BCUT2D eigenvalue weighted by Gasteiger charge is -2.32. The first-order valence-corrected chi connectivity index (χ1v) is 13.0. The van der Waals surface area contributed by atoms with Crippen LogP contribution in [0, 0.1) is 17.2 Å². The Bertz CT molecular complexity index is 1380. The molecular formula is C31H34FN3O4. The number of hydrogen-bond donors (Lipinski definition) is 3. The van der Waals surface area contributed by atoms with Crippen molar-refractivity contribution in [2.75, 3.05) is 0 Å². The minimum Gasteiger partial charge on any atom is -0.481 e. The third kappa shape index (κ3) is 6.58. The van der Waals surface area contributed by atoms with Gasteiger partial charge in [0.05, 0.1) is 29.5 Å². The fourth-order valence-corrected chi connectivity index (χ4v) is 5.01. The molecule has 0 radical (unpaired) electrons. The summed E-state index contributed by atoms with van der Waals surface area (Å²) in [6, 6.07) is 19.6. The number of imidazole rings is 1. The van der Waals surface area contributed by atoms with Crippen molar-refractivity contribution in [1.29, 1.82) is 0 Å². The predicted octanol–water partition coefficient (Wildman–Crippen LogP) is 5.67. The maximum absolute atomic E-state index is 13.8. The Kier molecular flexibility index (Phi) is 8.57. The van der Waals surface area contributed by atoms with Gasteiger partial charge < -0.3 is 19.9 Å². The minimum atomic E-state index is -1.21. The van der Waals surface area contributed by atoms with Gasteiger partial charge >= 0.3 is 5.97 Å². The maximum atomic E-state index is 13.8. The van der Waals surface area contributed by atoms with Crippen molar-refractivity contribution in [3.63, 3.8) is 0 Å². The first-order chi connectivity index (χ1) is 18.6. The number of aliphatic carboxylic acids is 1. The maximum Gasteiger partial charge on any atom is 0.309 e. The average Bonchev–Trinajstić information content (AvgIpc) is 3.27. The normalized spacial score (nSPS) is 14.1. The average molecular weight is 532 g/mol. The zero-order valence-corrected chi connectivity index (χ0v) is 22.3. The number of carboxylic acid groups (broad SMARTS) is 1. The van der Waals surface area contributed by atoms with Crippen molar-refractivity contribution in [3.8, 4) is 33.9 Å². The number of rotatable bonds is 10. The molecule has 0 aliphatic rings. The van der Waals surface area contributed by atoms with Crippen LogP contribution in [-0.4, -0.2) is 48.0 Å². The van der Waals surface area contributed by atoms with E-state index in [1.54, 1.807) is 45.3 Å². The molecule has 4 rings (SSSR count). The topological polar surface area (TPSA) is 108 Å². The first kappa shape index (κ1) is 28.1. The van der Waals surface area contributed by atoms with Crippen molar-refractivity contribution < 1.29 is 24.5 Å². The molecule has 1 unspecified atom stereocenters. The number of benzene rings is 2. The van der Waals surface area contributed by atoms with E-state index in [9.17, 15) is 24.5 Å². The van der Waals surface area contributed by atoms with Crippen LogP contribution in [0.1, 0.15) is 33.6 Å². The number of nitrogens with zero attached hydrogens (tertiary/aromatic N) is 3. The van der Waals surface area contributed by atoms with Crippen molar-refractivity contribution in [3.05, 3.63) is 84.9 Å². The molecule has 8 heteroatoms. The third-order valence-electron chi connectivity index (χ3n) is 6.85. The van der Waals surface area contributed by atoms with Gasteiger partial charge in [-0.1, -0.05) is 51.1 Å². The van der Waals surface area contributed by atoms with Gasteiger partial charge in [0.2, 0.25) is 0 Å². The lowest BCUT2D eigenvalue weighted by Crippen LogP contribution is -2.40. The van der Waals surface area contributed by atoms with Crippen molar-refractivity contribution >= 4 is 5.97 Å². The summed E-state index contributed by atoms with van der Waals surface area (Å²) in [6.45, 7) is 5.61. The van der Waals surface area contributed by atoms with E-state index in [1.807, 2.05) is 47.0 Å². The summed E-state index contributed by atoms with van der Waals surface area (Å²) in [5.41, 5.74) is 3.23. The van der Waals surface area contributed by atoms with Crippen LogP contribution < -0.4 is 0 Å². The number of aliphatic hydroxyl groups excluding tert-OH is 2. The van der Waals surface area contributed by atoms with Gasteiger partial charge in [-0.05, 0) is 48.2 Å². The lowest BCUT2D eigenvalue weighted by atomic mass is 9.76. The molecule has 2 heterocycles. The second kappa shape index (κ2) is 11.9. The summed E-state index contributed by atoms with van der Waals surface area (Å²) >= 11 is 0. The summed E-state index contributed by atoms with van der Waals surface area (Å²) in [4.78, 5) is 21.0. The van der Waals surface area contributed by atoms with Crippen LogP contribution in [-0.2, 0) is 11.3 Å². The second-order valence-corrected chi connectivity index (χ2v) is 10.8. The Labute approximate surface area is 227 Å². The number of aromatic nitrogens is 3. The largest absolute Gasteiger partial charge is 0.481 e. The molecule has 3 N–H and O–H groups in total. The van der Waals surface area contributed by atoms with Gasteiger partial charge in [0.1, 0.15) is 11.6 Å². The van der Waals surface area contributed by atoms with Gasteiger partial charge in [-0.2, -0.15) is 0 Å². The van der Waals surface area contributed by atoms with E-state index >= 15 is 0 Å². The molecule has 204 valence electrons. The van der Waals surface area contributed by atoms with E-state index in [0.717, 1.165) is 22.4 Å². The van der Waals surface area contributed by atoms with Gasteiger partial charge in [0.15, 0.2) is 0 Å². The molecule has 39 heavy (non-hydrogen) atoms. The van der Waals surface area contributed by atoms with Crippen LogP contribution in [0.3, 0.4) is 0 Å². The molecule has 0 aliphatic heterocycles. The van der Waals surface area contributed by atoms with E-state index in [1.165, 1.54) is 12.1 Å². The SMILES string of the molecule is CC(C)(C)C(C(=O)O)[C@H](O)C[C@H](O)CCn1c(-c2ccccc2)nc(-c2ccncc2)c1-c1ccc(F)cc1. The highest BCUT2D eigenvalue weighted by molar-refractivity contribution is 5.82. The van der Waals surface area contributed by atoms with Gasteiger partial charge in [-0.25, -0.2) is 9.37 Å². The van der Waals surface area contributed by atoms with Gasteiger partial charge in [0, 0.05) is 42.0 Å². The van der Waals surface area contributed by atoms with E-state index in [4.69, 9.17) is 4.98 Å². The third-order valence-corrected chi connectivity index (χ3v) is 6.85. The van der Waals surface area contributed by atoms with Crippen LogP contribution in [0.25, 0.3) is 33.9 Å². The Balaban J connectivity index is 1.74. The van der Waals surface area contributed by atoms with E-state index < -0.39 is 29.5 Å². The molecule has 0 amide bonds. The quantitative estimate of drug-likeness (QED) is 0.243. The van der Waals surface area contributed by atoms with Crippen molar-refractivity contribution in [1.82, 2.24) is 14.5 Å². The highest BCUT2D eigenvalue weighted by Gasteiger charge is 2.38. The number of carboxylic acids is 1. The minimum absolute atomic E-state index is 0.0767. The predicted molar refractivity (Wildman–Crippen MR) is 148 cm³/mol. The molecule has 0 aliphatic carbocycles. The van der Waals surface area contributed by atoms with Crippen LogP contribution in [0.5, 0.6) is 0 Å². The summed E-state index contributed by atoms with van der Waals surface area (Å²) in [7, 11) is 0. The molecule has 0 bridgehead atoms. The van der Waals surface area contributed by atoms with E-state index in [-0.39, 0.29) is 18.7 Å². The first-order valence-electron chi connectivity index (χ1n) is 13.0. The molecular weight excluding hydrogens is 497 g/mol. The lowest BCUT2D eigenvalue weighted by molar-refractivity contribution is -0.152. The Hall–Kier alpha value is -3.88. The summed E-state index contributed by atoms with van der Waals surface area (Å²) < 4.78 is 15.8. The molecule has 3 atom stereocenters. The monoisotopic (exact) mass is 531 g/mol. The highest BCUT2D eigenvalue weighted by Crippen LogP contribution is 2.37. The second-order valence-electron chi connectivity index (χ2n) is 10.8. The summed E-state index contributed by atoms with van der Waals surface area (Å²) in [5.74, 6) is -1.79. The number of pyridine rings is 1. The Morgan fingerprint density at radius 2 is 1.56 bits per heavy atom. The zero-order valence-electron chi connectivity index (χ0n) is 22.3. The number of hydrogen-bond acceptors (Lipinski definition) is 5. The highest BCUT2D eigenvalue weighted by atomic mass is 19.1. The van der Waals surface area contributed by atoms with Crippen LogP contribution >= 0.6 is 0 Å². The Morgan fingerprint density at radius 3 is 2.15 bits per heavy atom. The van der Waals surface area contributed by atoms with Crippen molar-refractivity contribution in [2.24, 2.45) is 11.3 Å². The summed E-state index contributed by atoms with van der Waals surface area (Å²) in [5, 5.41) is 31.3. The molecule has 0 saturated carbocycles. The standard InChI is InChI=1S/C31H34FN3O4/c1-31(2,3)26(30(38)39)25(37)19-24(36)15-18-35-28(21-9-11-23(32)12-10-21)27(20-13-16-33-17-14-20)34-29(35)22-7-5-4-6-8-22/h4-14,16-17,24-26,36-37H,15,18-19H2,1-3H3,(H,38,39)/t24-,25-,26?/m1/s1. The van der Waals surface area contributed by atoms with Gasteiger partial charge in [-0.3, -0.25) is 9.78 Å². The van der Waals surface area contributed by atoms with Crippen molar-refractivity contribution in [2.45, 2.75) is 52.4 Å². The number of aliphatic hydroxyl groups is 2. The molecule has 4 aromatic rings. The molecule has 2 aromatic heterocycles. The van der Waals surface area contributed by atoms with E-state index in [0.29, 0.717) is 18.1 Å². The van der Waals surface area contributed by atoms with Crippen LogP contribution in [0.4, 0.5) is 4.39 Å². The van der Waals surface area contributed by atoms with Crippen LogP contribution in [0.15, 0.2) is 79.1 Å². The van der Waals surface area contributed by atoms with Gasteiger partial charge in [-0.15, -0.1) is 0 Å². The van der Waals surface area contributed by atoms with Gasteiger partial charge in [0.25, 0.3) is 0 Å². The number of halogens is 1. The summed E-state index contributed by atoms with van der Waals surface area (Å²) in [6.07, 6.45) is 1.37. The smallest absolute Gasteiger partial charge is 0.309 e. The molecule has 0 spiro atoms. The van der Waals surface area contributed by atoms with Crippen LogP contribution in [0.2, 0.25) is 0 Å². The molecule has 0 saturated heterocycles. The number of carbonyl (C=O) groups is 1. The zero-order chi connectivity index (χ0) is 28.2. The Morgan fingerprint density at radius 1 is 0.923 bits per heavy atom. The molecule has 0 fully saturated rings. The fraction of sp³-hybridized carbons (Fsp3) is 0.323. The molecule has 2 aromatic carbocycles. The van der Waals surface area contributed by atoms with E-state index in [2.05, 4.69) is 4.98 Å². The fourth-order valence-electron chi connectivity index (χ4n) is 5.01. The molecule has 7 nitrogen and oxygen atoms in total.